The van der Waals surface area contributed by atoms with Crippen LogP contribution in [0.25, 0.3) is 110 Å². The van der Waals surface area contributed by atoms with Gasteiger partial charge in [0.25, 0.3) is 0 Å². The summed E-state index contributed by atoms with van der Waals surface area (Å²) < 4.78 is 6.42. The summed E-state index contributed by atoms with van der Waals surface area (Å²) >= 11 is 0. The fraction of sp³-hybridized carbons (Fsp3) is 0.0256. The van der Waals surface area contributed by atoms with Crippen molar-refractivity contribution in [2.75, 3.05) is 9.80 Å². The quantitative estimate of drug-likeness (QED) is 0.127. The Balaban J connectivity index is 0.788. The molecule has 15 aromatic rings. The Labute approximate surface area is 471 Å². The normalized spacial score (nSPS) is 11.6. The van der Waals surface area contributed by atoms with Gasteiger partial charge in [0.2, 0.25) is 0 Å². The monoisotopic (exact) mass is 1030 g/mol. The molecule has 0 unspecified atom stereocenters. The van der Waals surface area contributed by atoms with Gasteiger partial charge in [0, 0.05) is 50.2 Å². The van der Waals surface area contributed by atoms with E-state index in [1.54, 1.807) is 0 Å². The van der Waals surface area contributed by atoms with E-state index in [2.05, 4.69) is 303 Å². The summed E-state index contributed by atoms with van der Waals surface area (Å²) in [5.74, 6) is 0. The van der Waals surface area contributed by atoms with Gasteiger partial charge in [0.15, 0.2) is 0 Å². The molecular weight excluding hydrogens is 981 g/mol. The predicted octanol–water partition coefficient (Wildman–Crippen LogP) is 22.4. The van der Waals surface area contributed by atoms with Gasteiger partial charge < -0.3 is 14.2 Å². The molecule has 0 bridgehead atoms. The van der Waals surface area contributed by atoms with Gasteiger partial charge in [-0.15, -0.1) is 0 Å². The maximum absolute atomic E-state index is 6.42. The summed E-state index contributed by atoms with van der Waals surface area (Å²) in [5, 5.41) is 12.4. The lowest BCUT2D eigenvalue weighted by atomic mass is 9.92. The maximum atomic E-state index is 6.42. The summed E-state index contributed by atoms with van der Waals surface area (Å²) in [7, 11) is 0. The number of anilines is 6. The highest BCUT2D eigenvalue weighted by Gasteiger charge is 2.20. The van der Waals surface area contributed by atoms with Crippen molar-refractivity contribution in [3.05, 3.63) is 302 Å². The van der Waals surface area contributed by atoms with Gasteiger partial charge in [-0.1, -0.05) is 212 Å². The molecule has 0 aliphatic carbocycles. The molecule has 382 valence electrons. The topological polar surface area (TPSA) is 19.6 Å². The molecule has 0 fully saturated rings. The number of nitrogens with zero attached hydrogens (tertiary/aromatic N) is 2. The number of hydrogen-bond donors (Lipinski definition) is 0. The van der Waals surface area contributed by atoms with Crippen molar-refractivity contribution >= 4 is 99.2 Å². The van der Waals surface area contributed by atoms with Crippen LogP contribution in [0, 0.1) is 13.8 Å². The van der Waals surface area contributed by atoms with E-state index in [1.165, 1.54) is 76.5 Å². The Hall–Kier alpha value is -10.5. The molecule has 3 nitrogen and oxygen atoms in total. The maximum Gasteiger partial charge on any atom is 0.143 e. The zero-order valence-electron chi connectivity index (χ0n) is 45.0. The first-order valence-corrected chi connectivity index (χ1v) is 27.9. The average Bonchev–Trinajstić information content (AvgIpc) is 4.02. The van der Waals surface area contributed by atoms with Crippen LogP contribution in [0.2, 0.25) is 0 Å². The smallest absolute Gasteiger partial charge is 0.143 e. The van der Waals surface area contributed by atoms with Crippen molar-refractivity contribution in [2.24, 2.45) is 0 Å². The minimum atomic E-state index is 0.907. The first kappa shape index (κ1) is 47.7. The fourth-order valence-electron chi connectivity index (χ4n) is 12.5. The fourth-order valence-corrected chi connectivity index (χ4v) is 12.5. The molecule has 0 aliphatic rings. The molecule has 0 spiro atoms. The number of benzene rings is 14. The first-order valence-electron chi connectivity index (χ1n) is 27.9. The van der Waals surface area contributed by atoms with Crippen molar-refractivity contribution < 1.29 is 4.42 Å². The van der Waals surface area contributed by atoms with Crippen LogP contribution in [0.1, 0.15) is 11.1 Å². The van der Waals surface area contributed by atoms with E-state index < -0.39 is 0 Å². The Morgan fingerprint density at radius 3 is 1.31 bits per heavy atom. The van der Waals surface area contributed by atoms with Crippen LogP contribution >= 0.6 is 0 Å². The molecule has 0 atom stereocenters. The number of aryl methyl sites for hydroxylation is 2. The predicted molar refractivity (Wildman–Crippen MR) is 344 cm³/mol. The first-order chi connectivity index (χ1) is 40.0. The molecule has 3 heteroatoms. The second-order valence-corrected chi connectivity index (χ2v) is 21.3. The average molecular weight is 1040 g/mol. The molecule has 1 aromatic heterocycles. The minimum absolute atomic E-state index is 0.907. The standard InChI is InChI=1S/C78H54N2O/c1-51-48-62(43-46-64(51)65-47-44-63(49-52(65)2)80(59-18-4-3-5-19-59)76-28-14-17-56-16-6-7-20-66(56)76)79(61-41-36-55(37-42-61)58-38-45-72-70-23-9-8-21-68(70)69-22-10-11-24-71(69)75(72)50-58)60-39-34-54(35-40-60)53-30-32-57(33-31-53)67-26-15-27-74-73-25-12-13-29-77(73)81-78(67)74/h3-50H,1-2H3. The van der Waals surface area contributed by atoms with Gasteiger partial charge in [-0.05, 0) is 180 Å². The largest absolute Gasteiger partial charge is 0.455 e. The Kier molecular flexibility index (Phi) is 11.6. The van der Waals surface area contributed by atoms with Crippen LogP contribution in [0.15, 0.2) is 296 Å². The van der Waals surface area contributed by atoms with Crippen LogP contribution < -0.4 is 9.80 Å². The molecular formula is C78H54N2O. The van der Waals surface area contributed by atoms with Crippen LogP contribution in [0.5, 0.6) is 0 Å². The van der Waals surface area contributed by atoms with Crippen LogP contribution in [0.4, 0.5) is 34.1 Å². The summed E-state index contributed by atoms with van der Waals surface area (Å²) in [4.78, 5) is 4.77. The van der Waals surface area contributed by atoms with E-state index in [4.69, 9.17) is 4.42 Å². The van der Waals surface area contributed by atoms with Crippen molar-refractivity contribution in [1.29, 1.82) is 0 Å². The van der Waals surface area contributed by atoms with Crippen LogP contribution in [0.3, 0.4) is 0 Å². The summed E-state index contributed by atoms with van der Waals surface area (Å²) in [5.41, 5.74) is 20.2. The van der Waals surface area contributed by atoms with Crippen LogP contribution in [-0.2, 0) is 0 Å². The minimum Gasteiger partial charge on any atom is -0.455 e. The Bertz CT molecular complexity index is 4840. The molecule has 0 aliphatic heterocycles. The molecule has 0 amide bonds. The number of fused-ring (bicyclic) bond motifs is 10. The summed E-state index contributed by atoms with van der Waals surface area (Å²) in [6.45, 7) is 4.48. The second kappa shape index (κ2) is 19.8. The van der Waals surface area contributed by atoms with Crippen molar-refractivity contribution in [3.63, 3.8) is 0 Å². The molecule has 0 N–H and O–H groups in total. The number of rotatable bonds is 10. The third-order valence-electron chi connectivity index (χ3n) is 16.5. The third-order valence-corrected chi connectivity index (χ3v) is 16.5. The highest BCUT2D eigenvalue weighted by atomic mass is 16.3. The Morgan fingerprint density at radius 2 is 0.679 bits per heavy atom. The van der Waals surface area contributed by atoms with Gasteiger partial charge in [0.1, 0.15) is 11.2 Å². The van der Waals surface area contributed by atoms with Crippen LogP contribution in [-0.4, -0.2) is 0 Å². The van der Waals surface area contributed by atoms with E-state index in [9.17, 15) is 0 Å². The zero-order valence-corrected chi connectivity index (χ0v) is 45.0. The number of furan rings is 1. The number of hydrogen-bond acceptors (Lipinski definition) is 3. The van der Waals surface area contributed by atoms with Gasteiger partial charge in [0.05, 0.1) is 5.69 Å². The van der Waals surface area contributed by atoms with E-state index in [-0.39, 0.29) is 0 Å². The van der Waals surface area contributed by atoms with Crippen molar-refractivity contribution in [1.82, 2.24) is 0 Å². The summed E-state index contributed by atoms with van der Waals surface area (Å²) in [6.07, 6.45) is 0. The molecule has 1 heterocycles. The lowest BCUT2D eigenvalue weighted by molar-refractivity contribution is 0.670. The molecule has 15 rings (SSSR count). The molecule has 0 radical (unpaired) electrons. The molecule has 81 heavy (non-hydrogen) atoms. The summed E-state index contributed by atoms with van der Waals surface area (Å²) in [6, 6.07) is 106. The Morgan fingerprint density at radius 1 is 0.247 bits per heavy atom. The van der Waals surface area contributed by atoms with Crippen molar-refractivity contribution in [2.45, 2.75) is 13.8 Å². The van der Waals surface area contributed by atoms with E-state index >= 15 is 0 Å². The van der Waals surface area contributed by atoms with Gasteiger partial charge in [-0.2, -0.15) is 0 Å². The molecule has 0 saturated carbocycles. The van der Waals surface area contributed by atoms with Gasteiger partial charge in [-0.25, -0.2) is 0 Å². The van der Waals surface area contributed by atoms with Gasteiger partial charge in [-0.3, -0.25) is 0 Å². The highest BCUT2D eigenvalue weighted by molar-refractivity contribution is 6.25. The van der Waals surface area contributed by atoms with Gasteiger partial charge >= 0.3 is 0 Å². The lowest BCUT2D eigenvalue weighted by Crippen LogP contribution is -2.11. The number of para-hydroxylation sites is 3. The van der Waals surface area contributed by atoms with Crippen molar-refractivity contribution in [3.8, 4) is 44.5 Å². The highest BCUT2D eigenvalue weighted by Crippen LogP contribution is 2.44. The molecule has 0 saturated heterocycles. The zero-order chi connectivity index (χ0) is 54.0. The molecule has 14 aromatic carbocycles. The van der Waals surface area contributed by atoms with E-state index in [1.807, 2.05) is 12.1 Å². The van der Waals surface area contributed by atoms with E-state index in [0.717, 1.165) is 78.3 Å². The second-order valence-electron chi connectivity index (χ2n) is 21.3. The SMILES string of the molecule is Cc1cc(N(c2ccc(-c3ccc(-c4cccc5c4oc4ccccc45)cc3)cc2)c2ccc(-c3ccc4c5ccccc5c5ccccc5c4c3)cc2)ccc1-c1ccc(N(c2ccccc2)c2cccc3ccccc23)cc1C. The lowest BCUT2D eigenvalue weighted by Gasteiger charge is -2.28. The third kappa shape index (κ3) is 8.38. The van der Waals surface area contributed by atoms with E-state index in [0.29, 0.717) is 0 Å².